The molecule has 1 aromatic heterocycles. The summed E-state index contributed by atoms with van der Waals surface area (Å²) >= 11 is 5.72. The molecule has 0 unspecified atom stereocenters. The average Bonchev–Trinajstić information content (AvgIpc) is 2.45. The number of amides is 1. The number of pyridine rings is 1. The van der Waals surface area contributed by atoms with Crippen molar-refractivity contribution in [1.29, 1.82) is 0 Å². The van der Waals surface area contributed by atoms with E-state index in [1.54, 1.807) is 29.4 Å². The van der Waals surface area contributed by atoms with Gasteiger partial charge in [0.15, 0.2) is 0 Å². The molecule has 3 nitrogen and oxygen atoms in total. The molecule has 0 spiro atoms. The maximum Gasteiger partial charge on any atom is 0.231 e. The van der Waals surface area contributed by atoms with Gasteiger partial charge < -0.3 is 4.90 Å². The standard InChI is InChI=1S/C15H14ClFN2O/c1-2-19(12-4-3-7-18-10-12)15(20)9-11-5-6-14(17)13(16)8-11/h3-8,10H,2,9H2,1H3. The lowest BCUT2D eigenvalue weighted by Gasteiger charge is -2.20. The van der Waals surface area contributed by atoms with Gasteiger partial charge >= 0.3 is 0 Å². The topological polar surface area (TPSA) is 33.2 Å². The molecular weight excluding hydrogens is 279 g/mol. The van der Waals surface area contributed by atoms with E-state index in [9.17, 15) is 9.18 Å². The average molecular weight is 293 g/mol. The molecule has 1 heterocycles. The van der Waals surface area contributed by atoms with Gasteiger partial charge in [0, 0.05) is 12.7 Å². The Morgan fingerprint density at radius 1 is 1.40 bits per heavy atom. The van der Waals surface area contributed by atoms with E-state index in [2.05, 4.69) is 4.98 Å². The van der Waals surface area contributed by atoms with Crippen LogP contribution < -0.4 is 4.90 Å². The van der Waals surface area contributed by atoms with E-state index < -0.39 is 5.82 Å². The zero-order valence-corrected chi connectivity index (χ0v) is 11.8. The first-order valence-electron chi connectivity index (χ1n) is 6.26. The number of likely N-dealkylation sites (N-methyl/N-ethyl adjacent to an activating group) is 1. The van der Waals surface area contributed by atoms with E-state index in [1.807, 2.05) is 13.0 Å². The zero-order valence-electron chi connectivity index (χ0n) is 11.0. The van der Waals surface area contributed by atoms with Crippen molar-refractivity contribution in [2.24, 2.45) is 0 Å². The molecular formula is C15H14ClFN2O. The fourth-order valence-corrected chi connectivity index (χ4v) is 2.14. The molecule has 0 saturated carbocycles. The van der Waals surface area contributed by atoms with Crippen LogP contribution in [0.3, 0.4) is 0 Å². The normalized spacial score (nSPS) is 10.3. The number of carbonyl (C=O) groups excluding carboxylic acids is 1. The SMILES string of the molecule is CCN(C(=O)Cc1ccc(F)c(Cl)c1)c1cccnc1. The highest BCUT2D eigenvalue weighted by Crippen LogP contribution is 2.18. The summed E-state index contributed by atoms with van der Waals surface area (Å²) in [5.74, 6) is -0.564. The van der Waals surface area contributed by atoms with Crippen LogP contribution in [0.5, 0.6) is 0 Å². The maximum absolute atomic E-state index is 13.1. The van der Waals surface area contributed by atoms with Gasteiger partial charge in [-0.05, 0) is 36.8 Å². The third-order valence-electron chi connectivity index (χ3n) is 2.91. The Labute approximate surface area is 122 Å². The number of aromatic nitrogens is 1. The van der Waals surface area contributed by atoms with Gasteiger partial charge in [-0.25, -0.2) is 4.39 Å². The molecule has 0 bridgehead atoms. The van der Waals surface area contributed by atoms with E-state index in [4.69, 9.17) is 11.6 Å². The summed E-state index contributed by atoms with van der Waals surface area (Å²) in [6.07, 6.45) is 3.46. The van der Waals surface area contributed by atoms with E-state index >= 15 is 0 Å². The van der Waals surface area contributed by atoms with Gasteiger partial charge in [-0.15, -0.1) is 0 Å². The van der Waals surface area contributed by atoms with Crippen molar-refractivity contribution in [2.45, 2.75) is 13.3 Å². The van der Waals surface area contributed by atoms with E-state index in [1.165, 1.54) is 12.1 Å². The molecule has 0 aliphatic rings. The molecule has 1 aromatic carbocycles. The van der Waals surface area contributed by atoms with Gasteiger partial charge in [0.25, 0.3) is 0 Å². The largest absolute Gasteiger partial charge is 0.311 e. The van der Waals surface area contributed by atoms with Crippen molar-refractivity contribution in [3.63, 3.8) is 0 Å². The Balaban J connectivity index is 2.15. The summed E-state index contributed by atoms with van der Waals surface area (Å²) in [6, 6.07) is 7.92. The van der Waals surface area contributed by atoms with Crippen LogP contribution in [0.4, 0.5) is 10.1 Å². The smallest absolute Gasteiger partial charge is 0.231 e. The number of halogens is 2. The van der Waals surface area contributed by atoms with Crippen LogP contribution in [0.1, 0.15) is 12.5 Å². The van der Waals surface area contributed by atoms with Crippen molar-refractivity contribution in [3.05, 3.63) is 59.1 Å². The molecule has 0 saturated heterocycles. The molecule has 5 heteroatoms. The Hall–Kier alpha value is -1.94. The maximum atomic E-state index is 13.1. The molecule has 0 fully saturated rings. The fraction of sp³-hybridized carbons (Fsp3) is 0.200. The first-order chi connectivity index (χ1) is 9.61. The van der Waals surface area contributed by atoms with Crippen LogP contribution in [0.15, 0.2) is 42.7 Å². The first kappa shape index (κ1) is 14.5. The van der Waals surface area contributed by atoms with Crippen molar-refractivity contribution in [1.82, 2.24) is 4.98 Å². The molecule has 0 radical (unpaired) electrons. The third-order valence-corrected chi connectivity index (χ3v) is 3.20. The molecule has 104 valence electrons. The summed E-state index contributed by atoms with van der Waals surface area (Å²) in [5, 5.41) is 0.0275. The summed E-state index contributed by atoms with van der Waals surface area (Å²) in [5.41, 5.74) is 1.43. The van der Waals surface area contributed by atoms with Gasteiger partial charge in [-0.2, -0.15) is 0 Å². The lowest BCUT2D eigenvalue weighted by Crippen LogP contribution is -2.32. The molecule has 0 N–H and O–H groups in total. The number of nitrogens with zero attached hydrogens (tertiary/aromatic N) is 2. The number of carbonyl (C=O) groups is 1. The number of anilines is 1. The highest BCUT2D eigenvalue weighted by molar-refractivity contribution is 6.30. The minimum Gasteiger partial charge on any atom is -0.311 e. The van der Waals surface area contributed by atoms with Gasteiger partial charge in [-0.3, -0.25) is 9.78 Å². The second kappa shape index (κ2) is 6.48. The second-order valence-corrected chi connectivity index (χ2v) is 4.68. The summed E-state index contributed by atoms with van der Waals surface area (Å²) < 4.78 is 13.1. The van der Waals surface area contributed by atoms with E-state index in [-0.39, 0.29) is 17.4 Å². The zero-order chi connectivity index (χ0) is 14.5. The number of rotatable bonds is 4. The molecule has 1 amide bonds. The quantitative estimate of drug-likeness (QED) is 0.864. The van der Waals surface area contributed by atoms with Crippen molar-refractivity contribution in [2.75, 3.05) is 11.4 Å². The Bertz CT molecular complexity index is 604. The van der Waals surface area contributed by atoms with Gasteiger partial charge in [0.2, 0.25) is 5.91 Å². The minimum atomic E-state index is -0.484. The fourth-order valence-electron chi connectivity index (χ4n) is 1.94. The van der Waals surface area contributed by atoms with Crippen LogP contribution in [-0.2, 0) is 11.2 Å². The van der Waals surface area contributed by atoms with Crippen LogP contribution in [-0.4, -0.2) is 17.4 Å². The number of benzene rings is 1. The van der Waals surface area contributed by atoms with Crippen LogP contribution in [0.2, 0.25) is 5.02 Å². The lowest BCUT2D eigenvalue weighted by molar-refractivity contribution is -0.117. The highest BCUT2D eigenvalue weighted by atomic mass is 35.5. The van der Waals surface area contributed by atoms with Crippen molar-refractivity contribution < 1.29 is 9.18 Å². The van der Waals surface area contributed by atoms with Crippen LogP contribution in [0.25, 0.3) is 0 Å². The molecule has 0 atom stereocenters. The van der Waals surface area contributed by atoms with Crippen molar-refractivity contribution >= 4 is 23.2 Å². The predicted molar refractivity (Wildman–Crippen MR) is 77.4 cm³/mol. The Morgan fingerprint density at radius 3 is 2.80 bits per heavy atom. The summed E-state index contributed by atoms with van der Waals surface area (Å²) in [7, 11) is 0. The molecule has 2 aromatic rings. The number of hydrogen-bond donors (Lipinski definition) is 0. The molecule has 0 aliphatic carbocycles. The second-order valence-electron chi connectivity index (χ2n) is 4.27. The predicted octanol–water partition coefficient (Wildman–Crippen LogP) is 3.47. The van der Waals surface area contributed by atoms with Gasteiger partial charge in [-0.1, -0.05) is 17.7 Å². The molecule has 2 rings (SSSR count). The van der Waals surface area contributed by atoms with Crippen LogP contribution in [0, 0.1) is 5.82 Å². The van der Waals surface area contributed by atoms with E-state index in [0.29, 0.717) is 12.1 Å². The van der Waals surface area contributed by atoms with Crippen LogP contribution >= 0.6 is 11.6 Å². The molecule has 20 heavy (non-hydrogen) atoms. The van der Waals surface area contributed by atoms with Crippen molar-refractivity contribution in [3.8, 4) is 0 Å². The number of hydrogen-bond acceptors (Lipinski definition) is 2. The Kier molecular flexibility index (Phi) is 4.69. The monoisotopic (exact) mass is 292 g/mol. The summed E-state index contributed by atoms with van der Waals surface area (Å²) in [4.78, 5) is 17.9. The minimum absolute atomic E-state index is 0.0275. The lowest BCUT2D eigenvalue weighted by atomic mass is 10.1. The van der Waals surface area contributed by atoms with Gasteiger partial charge in [0.05, 0.1) is 23.3 Å². The van der Waals surface area contributed by atoms with E-state index in [0.717, 1.165) is 5.69 Å². The Morgan fingerprint density at radius 2 is 2.20 bits per heavy atom. The third kappa shape index (κ3) is 3.33. The van der Waals surface area contributed by atoms with Gasteiger partial charge in [0.1, 0.15) is 5.82 Å². The first-order valence-corrected chi connectivity index (χ1v) is 6.64. The summed E-state index contributed by atoms with van der Waals surface area (Å²) in [6.45, 7) is 2.43. The highest BCUT2D eigenvalue weighted by Gasteiger charge is 2.15. The molecule has 0 aliphatic heterocycles.